The third-order valence-electron chi connectivity index (χ3n) is 2.89. The molecule has 0 aliphatic carbocycles. The second-order valence-electron chi connectivity index (χ2n) is 5.02. The van der Waals surface area contributed by atoms with E-state index in [2.05, 4.69) is 5.10 Å². The van der Waals surface area contributed by atoms with Crippen molar-refractivity contribution in [3.63, 3.8) is 0 Å². The summed E-state index contributed by atoms with van der Waals surface area (Å²) in [4.78, 5) is 12.2. The van der Waals surface area contributed by atoms with Crippen molar-refractivity contribution in [3.8, 4) is 17.3 Å². The van der Waals surface area contributed by atoms with E-state index in [1.165, 1.54) is 16.8 Å². The minimum absolute atomic E-state index is 0.254. The van der Waals surface area contributed by atoms with Gasteiger partial charge in [0.25, 0.3) is 0 Å². The van der Waals surface area contributed by atoms with Gasteiger partial charge in [0.05, 0.1) is 25.1 Å². The van der Waals surface area contributed by atoms with Gasteiger partial charge < -0.3 is 4.74 Å². The normalized spacial score (nSPS) is 10.5. The highest BCUT2D eigenvalue weighted by Gasteiger charge is 2.20. The third-order valence-corrected chi connectivity index (χ3v) is 2.89. The Labute approximate surface area is 127 Å². The Hall–Kier alpha value is -2.68. The molecule has 0 atom stereocenters. The highest BCUT2D eigenvalue weighted by atomic mass is 19.1. The Bertz CT molecular complexity index is 699. The lowest BCUT2D eigenvalue weighted by Gasteiger charge is -2.07. The molecular weight excluding hydrogens is 285 g/mol. The lowest BCUT2D eigenvalue weighted by atomic mass is 10.1. The number of nitrogens with zero attached hydrogens (tertiary/aromatic N) is 3. The first-order valence-corrected chi connectivity index (χ1v) is 6.92. The van der Waals surface area contributed by atoms with E-state index in [1.54, 1.807) is 32.2 Å². The average molecular weight is 301 g/mol. The Morgan fingerprint density at radius 3 is 2.68 bits per heavy atom. The van der Waals surface area contributed by atoms with Crippen molar-refractivity contribution in [2.45, 2.75) is 32.9 Å². The van der Waals surface area contributed by atoms with E-state index in [9.17, 15) is 9.18 Å². The summed E-state index contributed by atoms with van der Waals surface area (Å²) in [6.07, 6.45) is 1.58. The van der Waals surface area contributed by atoms with Gasteiger partial charge in [-0.05, 0) is 38.1 Å². The zero-order valence-electron chi connectivity index (χ0n) is 12.4. The highest BCUT2D eigenvalue weighted by molar-refractivity contribution is 5.96. The van der Waals surface area contributed by atoms with Crippen molar-refractivity contribution < 1.29 is 13.9 Å². The zero-order chi connectivity index (χ0) is 16.1. The fraction of sp³-hybridized carbons (Fsp3) is 0.312. The molecule has 0 aliphatic rings. The first-order valence-electron chi connectivity index (χ1n) is 6.92. The van der Waals surface area contributed by atoms with Crippen LogP contribution >= 0.6 is 0 Å². The lowest BCUT2D eigenvalue weighted by molar-refractivity contribution is 0.0378. The molecule has 0 fully saturated rings. The molecule has 0 aliphatic heterocycles. The number of halogens is 1. The standard InChI is InChI=1S/C16H16FN3O2/c1-11(2)22-16(21)14-10-20(9-3-8-18)19-15(14)12-4-6-13(17)7-5-12/h4-7,10-11H,3,9H2,1-2H3. The van der Waals surface area contributed by atoms with Crippen molar-refractivity contribution in [2.24, 2.45) is 0 Å². The minimum atomic E-state index is -0.488. The number of aromatic nitrogens is 2. The summed E-state index contributed by atoms with van der Waals surface area (Å²) < 4.78 is 19.8. The molecule has 0 amide bonds. The number of esters is 1. The largest absolute Gasteiger partial charge is 0.459 e. The molecule has 22 heavy (non-hydrogen) atoms. The second kappa shape index (κ2) is 6.85. The molecule has 0 unspecified atom stereocenters. The van der Waals surface area contributed by atoms with E-state index in [1.807, 2.05) is 6.07 Å². The SMILES string of the molecule is CC(C)OC(=O)c1cn(CCC#N)nc1-c1ccc(F)cc1. The Kier molecular flexibility index (Phi) is 4.89. The van der Waals surface area contributed by atoms with Crippen LogP contribution < -0.4 is 0 Å². The highest BCUT2D eigenvalue weighted by Crippen LogP contribution is 2.23. The van der Waals surface area contributed by atoms with Crippen LogP contribution in [-0.2, 0) is 11.3 Å². The summed E-state index contributed by atoms with van der Waals surface area (Å²) >= 11 is 0. The Morgan fingerprint density at radius 1 is 1.41 bits per heavy atom. The van der Waals surface area contributed by atoms with Crippen LogP contribution in [0, 0.1) is 17.1 Å². The van der Waals surface area contributed by atoms with E-state index in [0.29, 0.717) is 23.4 Å². The van der Waals surface area contributed by atoms with Crippen LogP contribution in [-0.4, -0.2) is 21.9 Å². The number of carbonyl (C=O) groups excluding carboxylic acids is 1. The second-order valence-corrected chi connectivity index (χ2v) is 5.02. The number of hydrogen-bond donors (Lipinski definition) is 0. The summed E-state index contributed by atoms with van der Waals surface area (Å²) in [5, 5.41) is 13.0. The molecule has 0 radical (unpaired) electrons. The maximum Gasteiger partial charge on any atom is 0.342 e. The predicted octanol–water partition coefficient (Wildman–Crippen LogP) is 3.17. The number of ether oxygens (including phenoxy) is 1. The van der Waals surface area contributed by atoms with Gasteiger partial charge >= 0.3 is 5.97 Å². The Morgan fingerprint density at radius 2 is 2.09 bits per heavy atom. The molecule has 1 heterocycles. The van der Waals surface area contributed by atoms with Gasteiger partial charge in [-0.25, -0.2) is 9.18 Å². The first kappa shape index (κ1) is 15.7. The smallest absolute Gasteiger partial charge is 0.342 e. The number of carbonyl (C=O) groups is 1. The molecular formula is C16H16FN3O2. The van der Waals surface area contributed by atoms with Gasteiger partial charge in [0.2, 0.25) is 0 Å². The molecule has 6 heteroatoms. The zero-order valence-corrected chi connectivity index (χ0v) is 12.4. The van der Waals surface area contributed by atoms with Crippen molar-refractivity contribution in [2.75, 3.05) is 0 Å². The number of rotatable bonds is 5. The summed E-state index contributed by atoms with van der Waals surface area (Å²) in [6, 6.07) is 7.75. The molecule has 0 saturated heterocycles. The van der Waals surface area contributed by atoms with Crippen molar-refractivity contribution >= 4 is 5.97 Å². The minimum Gasteiger partial charge on any atom is -0.459 e. The third kappa shape index (κ3) is 3.70. The number of hydrogen-bond acceptors (Lipinski definition) is 4. The fourth-order valence-electron chi connectivity index (χ4n) is 1.95. The van der Waals surface area contributed by atoms with Crippen LogP contribution in [0.2, 0.25) is 0 Å². The molecule has 1 aromatic heterocycles. The van der Waals surface area contributed by atoms with Crippen LogP contribution in [0.1, 0.15) is 30.6 Å². The molecule has 0 N–H and O–H groups in total. The Balaban J connectivity index is 2.41. The van der Waals surface area contributed by atoms with Gasteiger partial charge in [-0.2, -0.15) is 10.4 Å². The van der Waals surface area contributed by atoms with Gasteiger partial charge in [-0.15, -0.1) is 0 Å². The molecule has 2 rings (SSSR count). The topological polar surface area (TPSA) is 67.9 Å². The van der Waals surface area contributed by atoms with Crippen molar-refractivity contribution in [1.82, 2.24) is 9.78 Å². The van der Waals surface area contributed by atoms with Crippen LogP contribution in [0.15, 0.2) is 30.5 Å². The van der Waals surface area contributed by atoms with E-state index < -0.39 is 5.97 Å². The van der Waals surface area contributed by atoms with E-state index in [0.717, 1.165) is 0 Å². The molecule has 1 aromatic carbocycles. The van der Waals surface area contributed by atoms with E-state index in [4.69, 9.17) is 10.00 Å². The van der Waals surface area contributed by atoms with Gasteiger partial charge in [-0.1, -0.05) is 0 Å². The van der Waals surface area contributed by atoms with Crippen LogP contribution in [0.3, 0.4) is 0 Å². The van der Waals surface area contributed by atoms with Crippen molar-refractivity contribution in [1.29, 1.82) is 5.26 Å². The average Bonchev–Trinajstić information content (AvgIpc) is 2.89. The maximum atomic E-state index is 13.1. The number of nitriles is 1. The maximum absolute atomic E-state index is 13.1. The monoisotopic (exact) mass is 301 g/mol. The molecule has 2 aromatic rings. The molecule has 0 bridgehead atoms. The van der Waals surface area contributed by atoms with E-state index in [-0.39, 0.29) is 18.3 Å². The summed E-state index contributed by atoms with van der Waals surface area (Å²) in [5.41, 5.74) is 1.34. The predicted molar refractivity (Wildman–Crippen MR) is 78.4 cm³/mol. The fourth-order valence-corrected chi connectivity index (χ4v) is 1.95. The molecule has 0 saturated carbocycles. The number of benzene rings is 1. The van der Waals surface area contributed by atoms with Crippen molar-refractivity contribution in [3.05, 3.63) is 41.8 Å². The quantitative estimate of drug-likeness (QED) is 0.795. The van der Waals surface area contributed by atoms with Gasteiger partial charge in [0, 0.05) is 11.8 Å². The molecule has 114 valence electrons. The van der Waals surface area contributed by atoms with Gasteiger partial charge in [0.1, 0.15) is 17.1 Å². The summed E-state index contributed by atoms with van der Waals surface area (Å²) in [5.74, 6) is -0.850. The van der Waals surface area contributed by atoms with Gasteiger partial charge in [0.15, 0.2) is 0 Å². The van der Waals surface area contributed by atoms with Crippen LogP contribution in [0.25, 0.3) is 11.3 Å². The summed E-state index contributed by atoms with van der Waals surface area (Å²) in [6.45, 7) is 3.89. The summed E-state index contributed by atoms with van der Waals surface area (Å²) in [7, 11) is 0. The lowest BCUT2D eigenvalue weighted by Crippen LogP contribution is -2.11. The molecule has 5 nitrogen and oxygen atoms in total. The van der Waals surface area contributed by atoms with Crippen LogP contribution in [0.4, 0.5) is 4.39 Å². The number of aryl methyl sites for hydroxylation is 1. The van der Waals surface area contributed by atoms with Gasteiger partial charge in [-0.3, -0.25) is 4.68 Å². The van der Waals surface area contributed by atoms with Crippen LogP contribution in [0.5, 0.6) is 0 Å². The first-order chi connectivity index (χ1) is 10.5. The molecule has 0 spiro atoms. The van der Waals surface area contributed by atoms with E-state index >= 15 is 0 Å².